The van der Waals surface area contributed by atoms with Crippen LogP contribution in [0, 0.1) is 5.82 Å². The number of benzene rings is 1. The van der Waals surface area contributed by atoms with Crippen LogP contribution in [0.2, 0.25) is 0 Å². The van der Waals surface area contributed by atoms with Crippen LogP contribution >= 0.6 is 0 Å². The summed E-state index contributed by atoms with van der Waals surface area (Å²) in [6.07, 6.45) is 1.51. The maximum absolute atomic E-state index is 14.0. The highest BCUT2D eigenvalue weighted by molar-refractivity contribution is 5.93. The number of nitrogens with zero attached hydrogens (tertiary/aromatic N) is 3. The lowest BCUT2D eigenvalue weighted by atomic mass is 10.3. The fourth-order valence-electron chi connectivity index (χ4n) is 2.66. The van der Waals surface area contributed by atoms with E-state index >= 15 is 0 Å². The first-order valence-corrected chi connectivity index (χ1v) is 8.49. The van der Waals surface area contributed by atoms with Crippen molar-refractivity contribution in [2.75, 3.05) is 25.0 Å². The monoisotopic (exact) mass is 360 g/mol. The van der Waals surface area contributed by atoms with Gasteiger partial charge < -0.3 is 19.9 Å². The molecule has 9 heteroatoms. The summed E-state index contributed by atoms with van der Waals surface area (Å²) in [5.41, 5.74) is 2.09. The highest BCUT2D eigenvalue weighted by atomic mass is 19.1. The lowest BCUT2D eigenvalue weighted by Gasteiger charge is -2.18. The van der Waals surface area contributed by atoms with Crippen molar-refractivity contribution in [1.82, 2.24) is 25.1 Å². The lowest BCUT2D eigenvalue weighted by molar-refractivity contribution is 0.217. The van der Waals surface area contributed by atoms with Crippen molar-refractivity contribution in [3.8, 4) is 17.3 Å². The summed E-state index contributed by atoms with van der Waals surface area (Å²) in [6.45, 7) is 7.16. The Morgan fingerprint density at radius 2 is 2.08 bits per heavy atom. The van der Waals surface area contributed by atoms with E-state index in [1.54, 1.807) is 17.9 Å². The minimum absolute atomic E-state index is 0.151. The van der Waals surface area contributed by atoms with Crippen molar-refractivity contribution in [3.05, 3.63) is 24.1 Å². The van der Waals surface area contributed by atoms with Gasteiger partial charge in [0.25, 0.3) is 0 Å². The zero-order valence-corrected chi connectivity index (χ0v) is 14.9. The van der Waals surface area contributed by atoms with E-state index in [0.717, 1.165) is 0 Å². The number of amides is 2. The molecule has 1 aromatic carbocycles. The average Bonchev–Trinajstić information content (AvgIpc) is 3.22. The first kappa shape index (κ1) is 17.7. The predicted molar refractivity (Wildman–Crippen MR) is 96.7 cm³/mol. The number of carbonyl (C=O) groups excluding carboxylic acids is 1. The second-order valence-corrected chi connectivity index (χ2v) is 5.58. The molecule has 138 valence electrons. The maximum Gasteiger partial charge on any atom is 0.321 e. The number of carbonyl (C=O) groups is 1. The highest BCUT2D eigenvalue weighted by Crippen LogP contribution is 2.29. The minimum Gasteiger partial charge on any atom is -0.491 e. The van der Waals surface area contributed by atoms with Crippen LogP contribution in [-0.4, -0.2) is 50.8 Å². The number of halogens is 1. The van der Waals surface area contributed by atoms with Gasteiger partial charge in [0.15, 0.2) is 17.4 Å². The van der Waals surface area contributed by atoms with Crippen molar-refractivity contribution in [3.63, 3.8) is 0 Å². The Labute approximate surface area is 149 Å². The van der Waals surface area contributed by atoms with Crippen LogP contribution in [0.1, 0.15) is 20.8 Å². The highest BCUT2D eigenvalue weighted by Gasteiger charge is 2.17. The van der Waals surface area contributed by atoms with E-state index in [4.69, 9.17) is 4.74 Å². The molecule has 3 N–H and O–H groups in total. The molecule has 0 aliphatic heterocycles. The van der Waals surface area contributed by atoms with E-state index in [1.807, 2.05) is 13.8 Å². The molecule has 0 radical (unpaired) electrons. The van der Waals surface area contributed by atoms with E-state index in [2.05, 4.69) is 25.5 Å². The number of anilines is 1. The topological polar surface area (TPSA) is 98.9 Å². The summed E-state index contributed by atoms with van der Waals surface area (Å²) in [6, 6.07) is 2.65. The fraction of sp³-hybridized carbons (Fsp3) is 0.353. The molecule has 26 heavy (non-hydrogen) atoms. The third-order valence-electron chi connectivity index (χ3n) is 4.00. The number of ether oxygens (including phenoxy) is 1. The smallest absolute Gasteiger partial charge is 0.321 e. The first-order chi connectivity index (χ1) is 12.6. The van der Waals surface area contributed by atoms with Crippen LogP contribution in [0.4, 0.5) is 14.9 Å². The molecular formula is C17H21FN6O2. The summed E-state index contributed by atoms with van der Waals surface area (Å²) in [7, 11) is 0. The van der Waals surface area contributed by atoms with Crippen molar-refractivity contribution in [2.45, 2.75) is 20.8 Å². The molecule has 0 saturated heterocycles. The van der Waals surface area contributed by atoms with Gasteiger partial charge in [-0.05, 0) is 20.8 Å². The van der Waals surface area contributed by atoms with Crippen LogP contribution < -0.4 is 10.1 Å². The summed E-state index contributed by atoms with van der Waals surface area (Å²) in [5, 5.41) is 9.61. The van der Waals surface area contributed by atoms with Gasteiger partial charge in [0.05, 0.1) is 29.5 Å². The van der Waals surface area contributed by atoms with Crippen molar-refractivity contribution in [1.29, 1.82) is 0 Å². The van der Waals surface area contributed by atoms with E-state index in [0.29, 0.717) is 47.9 Å². The van der Waals surface area contributed by atoms with Crippen LogP contribution in [0.5, 0.6) is 5.75 Å². The molecule has 2 amide bonds. The Hall–Kier alpha value is -3.10. The Balaban J connectivity index is 1.93. The maximum atomic E-state index is 14.0. The van der Waals surface area contributed by atoms with Gasteiger partial charge in [0.2, 0.25) is 0 Å². The number of hydrogen-bond acceptors (Lipinski definition) is 4. The summed E-state index contributed by atoms with van der Waals surface area (Å²) in [5.74, 6) is 0.132. The molecule has 3 rings (SSSR count). The number of rotatable bonds is 6. The number of H-pyrrole nitrogens is 2. The molecule has 2 heterocycles. The second kappa shape index (κ2) is 7.42. The van der Waals surface area contributed by atoms with Gasteiger partial charge in [0.1, 0.15) is 5.69 Å². The molecule has 0 spiro atoms. The van der Waals surface area contributed by atoms with Gasteiger partial charge in [-0.25, -0.2) is 14.2 Å². The molecule has 0 saturated carbocycles. The number of hydrogen-bond donors (Lipinski definition) is 3. The van der Waals surface area contributed by atoms with Gasteiger partial charge in [-0.2, -0.15) is 5.10 Å². The molecule has 8 nitrogen and oxygen atoms in total. The zero-order valence-electron chi connectivity index (χ0n) is 14.9. The van der Waals surface area contributed by atoms with Crippen LogP contribution in [-0.2, 0) is 0 Å². The Morgan fingerprint density at radius 1 is 1.31 bits per heavy atom. The van der Waals surface area contributed by atoms with Gasteiger partial charge in [-0.15, -0.1) is 0 Å². The average molecular weight is 360 g/mol. The molecule has 0 aliphatic rings. The first-order valence-electron chi connectivity index (χ1n) is 8.49. The van der Waals surface area contributed by atoms with Gasteiger partial charge in [0, 0.05) is 25.2 Å². The van der Waals surface area contributed by atoms with Crippen LogP contribution in [0.3, 0.4) is 0 Å². The quantitative estimate of drug-likeness (QED) is 0.628. The van der Waals surface area contributed by atoms with E-state index in [1.165, 1.54) is 12.3 Å². The third kappa shape index (κ3) is 3.32. The summed E-state index contributed by atoms with van der Waals surface area (Å²) >= 11 is 0. The normalized spacial score (nSPS) is 10.9. The molecule has 3 aromatic rings. The van der Waals surface area contributed by atoms with Gasteiger partial charge >= 0.3 is 6.03 Å². The van der Waals surface area contributed by atoms with Crippen molar-refractivity contribution >= 4 is 22.8 Å². The lowest BCUT2D eigenvalue weighted by Crippen LogP contribution is -2.34. The SMILES string of the molecule is CCOc1cc2nc(-c3[nH]ncc3NC(=O)N(CC)CC)[nH]c2cc1F. The summed E-state index contributed by atoms with van der Waals surface area (Å²) in [4.78, 5) is 21.4. The summed E-state index contributed by atoms with van der Waals surface area (Å²) < 4.78 is 19.3. The molecule has 0 aliphatic carbocycles. The number of fused-ring (bicyclic) bond motifs is 1. The van der Waals surface area contributed by atoms with Crippen molar-refractivity contribution in [2.24, 2.45) is 0 Å². The van der Waals surface area contributed by atoms with Crippen LogP contribution in [0.15, 0.2) is 18.3 Å². The number of aromatic amines is 2. The molecular weight excluding hydrogens is 339 g/mol. The predicted octanol–water partition coefficient (Wildman–Crippen LogP) is 3.36. The largest absolute Gasteiger partial charge is 0.491 e. The van der Waals surface area contributed by atoms with Gasteiger partial charge in [-0.1, -0.05) is 0 Å². The van der Waals surface area contributed by atoms with E-state index in [-0.39, 0.29) is 11.8 Å². The third-order valence-corrected chi connectivity index (χ3v) is 4.00. The molecule has 0 unspecified atom stereocenters. The van der Waals surface area contributed by atoms with E-state index < -0.39 is 5.82 Å². The number of urea groups is 1. The number of aromatic nitrogens is 4. The fourth-order valence-corrected chi connectivity index (χ4v) is 2.66. The molecule has 0 atom stereocenters. The minimum atomic E-state index is -0.464. The Kier molecular flexibility index (Phi) is 5.06. The molecule has 2 aromatic heterocycles. The van der Waals surface area contributed by atoms with Gasteiger partial charge in [-0.3, -0.25) is 5.10 Å². The molecule has 0 bridgehead atoms. The number of nitrogens with one attached hydrogen (secondary N) is 3. The Bertz CT molecular complexity index is 915. The number of imidazole rings is 1. The molecule has 0 fully saturated rings. The second-order valence-electron chi connectivity index (χ2n) is 5.58. The Morgan fingerprint density at radius 3 is 2.77 bits per heavy atom. The standard InChI is InChI=1S/C17H21FN6O2/c1-4-24(5-2)17(25)22-13-9-19-23-15(13)16-20-11-7-10(18)14(26-6-3)8-12(11)21-16/h7-9H,4-6H2,1-3H3,(H,19,23)(H,20,21)(H,22,25). The van der Waals surface area contributed by atoms with E-state index in [9.17, 15) is 9.18 Å². The van der Waals surface area contributed by atoms with Crippen LogP contribution in [0.25, 0.3) is 22.6 Å². The van der Waals surface area contributed by atoms with Crippen molar-refractivity contribution < 1.29 is 13.9 Å². The zero-order chi connectivity index (χ0) is 18.7.